The van der Waals surface area contributed by atoms with Gasteiger partial charge in [0.2, 0.25) is 0 Å². The summed E-state index contributed by atoms with van der Waals surface area (Å²) in [6.45, 7) is 3.29. The Morgan fingerprint density at radius 3 is 1.97 bits per heavy atom. The van der Waals surface area contributed by atoms with E-state index in [2.05, 4.69) is 19.1 Å². The molecule has 0 rings (SSSR count). The monoisotopic (exact) mass is 446 g/mol. The van der Waals surface area contributed by atoms with Gasteiger partial charge in [-0.2, -0.15) is 0 Å². The van der Waals surface area contributed by atoms with Crippen LogP contribution in [0.2, 0.25) is 0 Å². The van der Waals surface area contributed by atoms with Crippen LogP contribution < -0.4 is 5.73 Å². The Labute approximate surface area is 185 Å². The number of carbonyl (C=O) groups excluding carboxylic acids is 1. The molecule has 0 saturated carbocycles. The molecule has 6 nitrogen and oxygen atoms in total. The molecule has 1 unspecified atom stereocenters. The lowest BCUT2D eigenvalue weighted by Crippen LogP contribution is -2.08. The van der Waals surface area contributed by atoms with Crippen LogP contribution in [0.1, 0.15) is 103 Å². The second-order valence-electron chi connectivity index (χ2n) is 7.59. The normalized spacial score (nSPS) is 11.9. The topological polar surface area (TPSA) is 87.8 Å². The van der Waals surface area contributed by atoms with Crippen LogP contribution in [0.25, 0.3) is 0 Å². The molecule has 0 aliphatic rings. The number of hydrogen-bond donors (Lipinski definition) is 1. The zero-order valence-corrected chi connectivity index (χ0v) is 20.0. The summed E-state index contributed by atoms with van der Waals surface area (Å²) in [5.41, 5.74) is 5.23. The van der Waals surface area contributed by atoms with Crippen LogP contribution in [0.3, 0.4) is 0 Å². The van der Waals surface area contributed by atoms with Crippen LogP contribution in [0, 0.1) is 0 Å². The molecule has 0 aromatic heterocycles. The number of esters is 1. The van der Waals surface area contributed by atoms with Gasteiger partial charge in [-0.25, -0.2) is 0 Å². The van der Waals surface area contributed by atoms with Gasteiger partial charge in [-0.05, 0) is 32.1 Å². The highest BCUT2D eigenvalue weighted by Gasteiger charge is 2.18. The lowest BCUT2D eigenvalue weighted by molar-refractivity contribution is -0.144. The van der Waals surface area contributed by atoms with Crippen LogP contribution >= 0.6 is 8.25 Å². The first kappa shape index (κ1) is 29.2. The van der Waals surface area contributed by atoms with Gasteiger partial charge < -0.3 is 10.5 Å². The summed E-state index contributed by atoms with van der Waals surface area (Å²) in [4.78, 5) is 11.6. The van der Waals surface area contributed by atoms with Crippen molar-refractivity contribution in [2.24, 2.45) is 5.73 Å². The van der Waals surface area contributed by atoms with Crippen molar-refractivity contribution < 1.29 is 23.1 Å². The van der Waals surface area contributed by atoms with E-state index in [1.807, 2.05) is 0 Å². The molecule has 0 aromatic carbocycles. The van der Waals surface area contributed by atoms with Crippen LogP contribution in [-0.4, -0.2) is 32.3 Å². The first-order chi connectivity index (χ1) is 14.7. The van der Waals surface area contributed by atoms with E-state index in [0.717, 1.165) is 12.8 Å². The van der Waals surface area contributed by atoms with Crippen molar-refractivity contribution in [3.63, 3.8) is 0 Å². The first-order valence-corrected chi connectivity index (χ1v) is 13.0. The molecule has 0 fully saturated rings. The van der Waals surface area contributed by atoms with Crippen molar-refractivity contribution in [1.29, 1.82) is 0 Å². The van der Waals surface area contributed by atoms with Crippen molar-refractivity contribution in [2.75, 3.05) is 26.4 Å². The summed E-state index contributed by atoms with van der Waals surface area (Å²) >= 11 is 0. The Hall–Kier alpha value is -0.810. The Morgan fingerprint density at radius 1 is 0.767 bits per heavy atom. The lowest BCUT2D eigenvalue weighted by Gasteiger charge is -2.03. The minimum absolute atomic E-state index is 0.170. The number of allylic oxidation sites excluding steroid dienone is 2. The summed E-state index contributed by atoms with van der Waals surface area (Å²) < 4.78 is 26.1. The van der Waals surface area contributed by atoms with Crippen molar-refractivity contribution in [3.05, 3.63) is 12.2 Å². The van der Waals surface area contributed by atoms with Crippen molar-refractivity contribution in [3.8, 4) is 0 Å². The third-order valence-corrected chi connectivity index (χ3v) is 5.49. The summed E-state index contributed by atoms with van der Waals surface area (Å²) in [5, 5.41) is 0. The van der Waals surface area contributed by atoms with Gasteiger partial charge in [0.1, 0.15) is 13.2 Å². The number of hydrogen-bond acceptors (Lipinski definition) is 6. The standard InChI is InChI=1S/C23H45NO5P/c1-2-3-4-5-6-7-8-9-10-11-12-13-14-15-16-18-23(25)27-20-17-21-28-30(26)29-22-19-24/h9-10H,2-8,11-22,24H2,1H3/q+1/b10-9-. The Kier molecular flexibility index (Phi) is 23.8. The lowest BCUT2D eigenvalue weighted by atomic mass is 10.1. The largest absolute Gasteiger partial charge is 0.697 e. The number of unbranched alkanes of at least 4 members (excludes halogenated alkanes) is 11. The van der Waals surface area contributed by atoms with E-state index >= 15 is 0 Å². The average Bonchev–Trinajstić information content (AvgIpc) is 2.74. The van der Waals surface area contributed by atoms with Gasteiger partial charge >= 0.3 is 14.2 Å². The average molecular weight is 447 g/mol. The summed E-state index contributed by atoms with van der Waals surface area (Å²) in [5.74, 6) is -0.170. The zero-order chi connectivity index (χ0) is 22.1. The van der Waals surface area contributed by atoms with Crippen molar-refractivity contribution >= 4 is 14.2 Å². The molecule has 0 heterocycles. The summed E-state index contributed by atoms with van der Waals surface area (Å²) in [6.07, 6.45) is 21.8. The van der Waals surface area contributed by atoms with Crippen LogP contribution in [0.5, 0.6) is 0 Å². The second-order valence-corrected chi connectivity index (χ2v) is 8.55. The van der Waals surface area contributed by atoms with Gasteiger partial charge in [0.15, 0.2) is 0 Å². The molecule has 0 aromatic rings. The molecule has 0 saturated heterocycles. The molecule has 2 N–H and O–H groups in total. The molecular weight excluding hydrogens is 401 g/mol. The fraction of sp³-hybridized carbons (Fsp3) is 0.870. The molecular formula is C23H45NO5P+. The van der Waals surface area contributed by atoms with E-state index < -0.39 is 8.25 Å². The second kappa shape index (κ2) is 24.5. The predicted octanol–water partition coefficient (Wildman–Crippen LogP) is 6.61. The minimum Gasteiger partial charge on any atom is -0.466 e. The minimum atomic E-state index is -2.12. The molecule has 7 heteroatoms. The van der Waals surface area contributed by atoms with E-state index in [9.17, 15) is 9.36 Å². The van der Waals surface area contributed by atoms with Gasteiger partial charge in [0.25, 0.3) is 0 Å². The van der Waals surface area contributed by atoms with Crippen LogP contribution in [0.4, 0.5) is 0 Å². The van der Waals surface area contributed by atoms with Gasteiger partial charge in [-0.1, -0.05) is 70.4 Å². The van der Waals surface area contributed by atoms with Gasteiger partial charge in [0.05, 0.1) is 6.61 Å². The van der Waals surface area contributed by atoms with Crippen molar-refractivity contribution in [1.82, 2.24) is 0 Å². The highest BCUT2D eigenvalue weighted by atomic mass is 31.1. The molecule has 0 aliphatic carbocycles. The van der Waals surface area contributed by atoms with Gasteiger partial charge in [-0.15, -0.1) is 9.05 Å². The Morgan fingerprint density at radius 2 is 1.33 bits per heavy atom. The van der Waals surface area contributed by atoms with E-state index in [1.54, 1.807) is 0 Å². The smallest absolute Gasteiger partial charge is 0.466 e. The Bertz CT molecular complexity index is 432. The van der Waals surface area contributed by atoms with E-state index in [1.165, 1.54) is 70.6 Å². The predicted molar refractivity (Wildman–Crippen MR) is 124 cm³/mol. The fourth-order valence-electron chi connectivity index (χ4n) is 2.96. The molecule has 0 spiro atoms. The molecule has 1 atom stereocenters. The number of ether oxygens (including phenoxy) is 1. The van der Waals surface area contributed by atoms with Crippen LogP contribution in [0.15, 0.2) is 12.2 Å². The highest BCUT2D eigenvalue weighted by molar-refractivity contribution is 7.33. The maximum Gasteiger partial charge on any atom is 0.697 e. The van der Waals surface area contributed by atoms with Crippen molar-refractivity contribution in [2.45, 2.75) is 103 Å². The summed E-state index contributed by atoms with van der Waals surface area (Å²) in [6, 6.07) is 0. The molecule has 0 radical (unpaired) electrons. The third-order valence-electron chi connectivity index (χ3n) is 4.71. The zero-order valence-electron chi connectivity index (χ0n) is 19.2. The van der Waals surface area contributed by atoms with E-state index in [-0.39, 0.29) is 25.8 Å². The molecule has 176 valence electrons. The fourth-order valence-corrected chi connectivity index (χ4v) is 3.57. The van der Waals surface area contributed by atoms with Gasteiger partial charge in [-0.3, -0.25) is 4.79 Å². The van der Waals surface area contributed by atoms with Crippen LogP contribution in [-0.2, 0) is 23.1 Å². The number of rotatable bonds is 23. The summed E-state index contributed by atoms with van der Waals surface area (Å²) in [7, 11) is -2.12. The quantitative estimate of drug-likeness (QED) is 0.0822. The van der Waals surface area contributed by atoms with E-state index in [4.69, 9.17) is 19.5 Å². The molecule has 0 aliphatic heterocycles. The highest BCUT2D eigenvalue weighted by Crippen LogP contribution is 2.22. The first-order valence-electron chi connectivity index (χ1n) is 11.9. The number of carbonyl (C=O) groups is 1. The third kappa shape index (κ3) is 23.5. The molecule has 0 bridgehead atoms. The van der Waals surface area contributed by atoms with Gasteiger partial charge in [0, 0.05) is 24.0 Å². The Balaban J connectivity index is 3.27. The molecule has 0 amide bonds. The SMILES string of the molecule is CCCCCCCC/C=C\CCCCCCCC(=O)OCCCO[P+](=O)OCCN. The maximum atomic E-state index is 11.6. The molecule has 30 heavy (non-hydrogen) atoms. The number of nitrogens with two attached hydrogens (primary N) is 1. The van der Waals surface area contributed by atoms with E-state index in [0.29, 0.717) is 19.4 Å². The maximum absolute atomic E-state index is 11.6.